The van der Waals surface area contributed by atoms with Gasteiger partial charge in [-0.25, -0.2) is 4.79 Å². The monoisotopic (exact) mass is 1050 g/mol. The molecule has 0 aromatic heterocycles. The van der Waals surface area contributed by atoms with Crippen LogP contribution in [-0.2, 0) is 62.3 Å². The lowest BCUT2D eigenvalue weighted by atomic mass is 9.98. The van der Waals surface area contributed by atoms with Crippen LogP contribution in [0.4, 0.5) is 0 Å². The Morgan fingerprint density at radius 2 is 1.11 bits per heavy atom. The van der Waals surface area contributed by atoms with E-state index in [9.17, 15) is 67.4 Å². The fourth-order valence-electron chi connectivity index (χ4n) is 7.61. The Morgan fingerprint density at radius 3 is 1.62 bits per heavy atom. The van der Waals surface area contributed by atoms with Crippen LogP contribution in [0.2, 0.25) is 0 Å². The van der Waals surface area contributed by atoms with Gasteiger partial charge in [0.25, 0.3) is 0 Å². The highest BCUT2D eigenvalue weighted by Gasteiger charge is 2.41. The van der Waals surface area contributed by atoms with E-state index in [2.05, 4.69) is 37.2 Å². The molecule has 28 nitrogen and oxygen atoms in total. The molecule has 17 N–H and O–H groups in total. The Morgan fingerprint density at radius 1 is 0.581 bits per heavy atom. The molecule has 9 atom stereocenters. The van der Waals surface area contributed by atoms with Gasteiger partial charge in [-0.05, 0) is 82.6 Å². The Balaban J connectivity index is 3.30. The van der Waals surface area contributed by atoms with Gasteiger partial charge in [-0.3, -0.25) is 57.5 Å². The van der Waals surface area contributed by atoms with Crippen LogP contribution in [-0.4, -0.2) is 171 Å². The first-order valence-electron chi connectivity index (χ1n) is 24.6. The van der Waals surface area contributed by atoms with Crippen LogP contribution in [0.3, 0.4) is 0 Å². The van der Waals surface area contributed by atoms with E-state index >= 15 is 0 Å². The number of rotatable bonds is 34. The van der Waals surface area contributed by atoms with Crippen molar-refractivity contribution in [1.29, 1.82) is 0 Å². The quantitative estimate of drug-likeness (QED) is 0.0273. The van der Waals surface area contributed by atoms with Crippen molar-refractivity contribution >= 4 is 77.0 Å². The van der Waals surface area contributed by atoms with Gasteiger partial charge in [0.15, 0.2) is 0 Å². The lowest BCUT2D eigenvalue weighted by Crippen LogP contribution is -2.61. The zero-order valence-corrected chi connectivity index (χ0v) is 43.2. The van der Waals surface area contributed by atoms with Crippen molar-refractivity contribution in [3.8, 4) is 0 Å². The van der Waals surface area contributed by atoms with Gasteiger partial charge in [0.1, 0.15) is 48.3 Å². The van der Waals surface area contributed by atoms with E-state index in [0.29, 0.717) is 12.8 Å². The highest BCUT2D eigenvalue weighted by Crippen LogP contribution is 2.21. The number of nitrogens with zero attached hydrogens (tertiary/aromatic N) is 1. The molecule has 10 amide bonds. The van der Waals surface area contributed by atoms with Crippen molar-refractivity contribution in [3.63, 3.8) is 0 Å². The van der Waals surface area contributed by atoms with Gasteiger partial charge in [0, 0.05) is 19.4 Å². The highest BCUT2D eigenvalue weighted by atomic mass is 16.4. The molecule has 28 heteroatoms. The summed E-state index contributed by atoms with van der Waals surface area (Å²) in [5.41, 5.74) is 16.5. The molecule has 1 fully saturated rings. The second kappa shape index (κ2) is 32.3. The number of nitrogens with one attached hydrogen (secondary N) is 8. The summed E-state index contributed by atoms with van der Waals surface area (Å²) < 4.78 is 0. The van der Waals surface area contributed by atoms with Crippen LogP contribution in [0.15, 0.2) is 0 Å². The molecule has 1 rings (SSSR count). The predicted molar refractivity (Wildman–Crippen MR) is 262 cm³/mol. The Labute approximate surface area is 429 Å². The van der Waals surface area contributed by atoms with E-state index in [-0.39, 0.29) is 51.1 Å². The first-order valence-corrected chi connectivity index (χ1v) is 24.6. The standard InChI is InChI=1S/C46H78N12O16/c1-22(2)19-29(54-43(70)31-12-10-18-58(31)45(72)37(24(5)6)56-33(60)21-50-39(66)27(14-16-34(61)62)51-38(65)25(7)48)42(69)57-36(23(3)4)44(71)53-26(11-8-9-17-47)40(67)52-28(13-15-32(49)59)41(68)55-30(46(73)74)20-35(63)64/h22-31,36-37H,8-21,47-48H2,1-7H3,(H2,49,59)(H,50,66)(H,51,65)(H,52,67)(H,53,71)(H,54,70)(H,55,68)(H,56,60)(H,57,69)(H,61,62)(H,63,64)(H,73,74)/t25-,26-,27-,28-,29-,30-,31-,36-,37-/m0/s1. The number of hydrogen-bond donors (Lipinski definition) is 14. The molecule has 74 heavy (non-hydrogen) atoms. The number of aliphatic carboxylic acids is 3. The number of hydrogen-bond acceptors (Lipinski definition) is 15. The average Bonchev–Trinajstić information content (AvgIpc) is 3.80. The molecule has 0 aliphatic carbocycles. The van der Waals surface area contributed by atoms with Crippen molar-refractivity contribution < 1.29 is 77.6 Å². The number of nitrogens with two attached hydrogens (primary N) is 3. The van der Waals surface area contributed by atoms with Gasteiger partial charge < -0.3 is 80.0 Å². The molecule has 1 saturated heterocycles. The zero-order chi connectivity index (χ0) is 56.6. The summed E-state index contributed by atoms with van der Waals surface area (Å²) in [4.78, 5) is 168. The number of primary amides is 1. The van der Waals surface area contributed by atoms with Crippen molar-refractivity contribution in [2.45, 2.75) is 173 Å². The first kappa shape index (κ1) is 65.0. The van der Waals surface area contributed by atoms with E-state index in [4.69, 9.17) is 27.4 Å². The molecule has 418 valence electrons. The minimum atomic E-state index is -1.90. The molecule has 0 aromatic rings. The maximum Gasteiger partial charge on any atom is 0.326 e. The summed E-state index contributed by atoms with van der Waals surface area (Å²) >= 11 is 0. The molecule has 0 spiro atoms. The summed E-state index contributed by atoms with van der Waals surface area (Å²) in [5.74, 6) is -14.1. The van der Waals surface area contributed by atoms with Gasteiger partial charge in [-0.15, -0.1) is 0 Å². The van der Waals surface area contributed by atoms with E-state index in [0.717, 1.165) is 0 Å². The normalized spacial score (nSPS) is 16.5. The van der Waals surface area contributed by atoms with Crippen LogP contribution in [0.25, 0.3) is 0 Å². The highest BCUT2D eigenvalue weighted by molar-refractivity contribution is 5.98. The van der Waals surface area contributed by atoms with Crippen molar-refractivity contribution in [1.82, 2.24) is 47.4 Å². The minimum Gasteiger partial charge on any atom is -0.481 e. The summed E-state index contributed by atoms with van der Waals surface area (Å²) in [6.45, 7) is 11.1. The van der Waals surface area contributed by atoms with Gasteiger partial charge in [0.2, 0.25) is 59.1 Å². The Hall–Kier alpha value is -6.97. The third kappa shape index (κ3) is 23.3. The number of carboxylic acids is 3. The maximum atomic E-state index is 14.1. The molecule has 0 saturated carbocycles. The van der Waals surface area contributed by atoms with Crippen molar-refractivity contribution in [3.05, 3.63) is 0 Å². The molecule has 0 unspecified atom stereocenters. The third-order valence-electron chi connectivity index (χ3n) is 11.7. The van der Waals surface area contributed by atoms with Gasteiger partial charge in [-0.2, -0.15) is 0 Å². The topological polar surface area (TPSA) is 460 Å². The summed E-state index contributed by atoms with van der Waals surface area (Å²) in [6.07, 6.45) is -1.39. The number of carbonyl (C=O) groups excluding carboxylic acids is 10. The molecule has 1 aliphatic heterocycles. The first-order chi connectivity index (χ1) is 34.5. The van der Waals surface area contributed by atoms with Crippen LogP contribution in [0.5, 0.6) is 0 Å². The zero-order valence-electron chi connectivity index (χ0n) is 43.2. The number of carbonyl (C=O) groups is 13. The van der Waals surface area contributed by atoms with E-state index in [1.807, 2.05) is 5.32 Å². The summed E-state index contributed by atoms with van der Waals surface area (Å²) in [7, 11) is 0. The average molecular weight is 1060 g/mol. The van der Waals surface area contributed by atoms with E-state index in [1.165, 1.54) is 11.8 Å². The SMILES string of the molecule is CC(C)C[C@H](NC(=O)[C@@H]1CCCN1C(=O)[C@@H](NC(=O)CNC(=O)[C@H](CCC(=O)O)NC(=O)[C@H](C)N)C(C)C)C(=O)N[C@H](C(=O)N[C@@H](CCCCN)C(=O)N[C@@H](CCC(N)=O)C(=O)N[C@@H](CC(=O)O)C(=O)O)C(C)C. The second-order valence-electron chi connectivity index (χ2n) is 19.3. The maximum absolute atomic E-state index is 14.1. The Bertz CT molecular complexity index is 2020. The predicted octanol–water partition coefficient (Wildman–Crippen LogP) is -3.99. The Kier molecular flexibility index (Phi) is 28.4. The van der Waals surface area contributed by atoms with Crippen molar-refractivity contribution in [2.75, 3.05) is 19.6 Å². The van der Waals surface area contributed by atoms with E-state index < -0.39 is 175 Å². The molecular weight excluding hydrogens is 977 g/mol. The van der Waals surface area contributed by atoms with E-state index in [1.54, 1.807) is 41.5 Å². The third-order valence-corrected chi connectivity index (χ3v) is 11.7. The molecule has 0 bridgehead atoms. The van der Waals surface area contributed by atoms with Gasteiger partial charge in [0.05, 0.1) is 19.0 Å². The fourth-order valence-corrected chi connectivity index (χ4v) is 7.61. The van der Waals surface area contributed by atoms with Crippen LogP contribution >= 0.6 is 0 Å². The largest absolute Gasteiger partial charge is 0.481 e. The molecule has 1 heterocycles. The number of likely N-dealkylation sites (tertiary alicyclic amines) is 1. The molecule has 1 aliphatic rings. The summed E-state index contributed by atoms with van der Waals surface area (Å²) in [6, 6.07) is -12.1. The van der Waals surface area contributed by atoms with Crippen LogP contribution < -0.4 is 59.7 Å². The molecular formula is C46H78N12O16. The van der Waals surface area contributed by atoms with Crippen molar-refractivity contribution in [2.24, 2.45) is 35.0 Å². The minimum absolute atomic E-state index is 0.0401. The second-order valence-corrected chi connectivity index (χ2v) is 19.3. The molecule has 0 aromatic carbocycles. The van der Waals surface area contributed by atoms with Crippen LogP contribution in [0, 0.1) is 17.8 Å². The van der Waals surface area contributed by atoms with Gasteiger partial charge >= 0.3 is 17.9 Å². The fraction of sp³-hybridized carbons (Fsp3) is 0.717. The van der Waals surface area contributed by atoms with Crippen LogP contribution in [0.1, 0.15) is 119 Å². The smallest absolute Gasteiger partial charge is 0.326 e. The number of unbranched alkanes of at least 4 members (excludes halogenated alkanes) is 1. The lowest BCUT2D eigenvalue weighted by molar-refractivity contribution is -0.147. The van der Waals surface area contributed by atoms with Gasteiger partial charge in [-0.1, -0.05) is 41.5 Å². The lowest BCUT2D eigenvalue weighted by Gasteiger charge is -2.32. The number of amides is 10. The number of carboxylic acid groups (broad SMARTS) is 3. The molecule has 0 radical (unpaired) electrons. The summed E-state index contributed by atoms with van der Waals surface area (Å²) in [5, 5.41) is 47.3.